The number of halogens is 3. The summed E-state index contributed by atoms with van der Waals surface area (Å²) in [6.45, 7) is 4.85. The molecule has 108 valence electrons. The van der Waals surface area contributed by atoms with Crippen molar-refractivity contribution in [2.45, 2.75) is 45.1 Å². The van der Waals surface area contributed by atoms with Crippen LogP contribution in [0.25, 0.3) is 0 Å². The van der Waals surface area contributed by atoms with Crippen molar-refractivity contribution in [2.24, 2.45) is 5.73 Å². The topological polar surface area (TPSA) is 70.1 Å². The zero-order chi connectivity index (χ0) is 14.8. The lowest BCUT2D eigenvalue weighted by atomic mass is 10.2. The summed E-state index contributed by atoms with van der Waals surface area (Å²) in [7, 11) is 0. The van der Waals surface area contributed by atoms with E-state index in [0.717, 1.165) is 10.9 Å². The number of carbonyl (C=O) groups is 1. The fourth-order valence-electron chi connectivity index (χ4n) is 1.26. The Labute approximate surface area is 108 Å². The third-order valence-electron chi connectivity index (χ3n) is 2.05. The highest BCUT2D eigenvalue weighted by molar-refractivity contribution is 5.75. The second-order valence-electron chi connectivity index (χ2n) is 5.09. The number of alkyl halides is 3. The van der Waals surface area contributed by atoms with E-state index in [1.165, 1.54) is 0 Å². The van der Waals surface area contributed by atoms with Crippen LogP contribution in [-0.4, -0.2) is 27.4 Å². The first-order chi connectivity index (χ1) is 8.49. The number of aromatic nitrogens is 2. The van der Waals surface area contributed by atoms with Crippen LogP contribution in [0.3, 0.4) is 0 Å². The molecule has 19 heavy (non-hydrogen) atoms. The molecule has 0 spiro atoms. The molecule has 0 saturated carbocycles. The molecule has 1 aromatic rings. The molecule has 1 atom stereocenters. The van der Waals surface area contributed by atoms with Gasteiger partial charge in [0, 0.05) is 6.20 Å². The Hall–Kier alpha value is -1.57. The van der Waals surface area contributed by atoms with Gasteiger partial charge < -0.3 is 10.5 Å². The summed E-state index contributed by atoms with van der Waals surface area (Å²) in [5.41, 5.74) is 3.97. The van der Waals surface area contributed by atoms with Gasteiger partial charge in [0.05, 0.1) is 18.3 Å². The molecular weight excluding hydrogens is 263 g/mol. The molecule has 1 aromatic heterocycles. The molecule has 0 aromatic carbocycles. The fourth-order valence-corrected chi connectivity index (χ4v) is 1.26. The van der Waals surface area contributed by atoms with E-state index in [-0.39, 0.29) is 6.54 Å². The van der Waals surface area contributed by atoms with Crippen molar-refractivity contribution in [3.8, 4) is 0 Å². The van der Waals surface area contributed by atoms with Gasteiger partial charge in [-0.05, 0) is 20.8 Å². The van der Waals surface area contributed by atoms with Crippen LogP contribution in [0.2, 0.25) is 0 Å². The number of hydrogen-bond acceptors (Lipinski definition) is 4. The molecule has 1 rings (SSSR count). The summed E-state index contributed by atoms with van der Waals surface area (Å²) >= 11 is 0. The quantitative estimate of drug-likeness (QED) is 0.853. The van der Waals surface area contributed by atoms with Crippen molar-refractivity contribution >= 4 is 5.97 Å². The van der Waals surface area contributed by atoms with Crippen LogP contribution in [0.15, 0.2) is 12.4 Å². The van der Waals surface area contributed by atoms with Crippen molar-refractivity contribution < 1.29 is 22.7 Å². The molecular formula is C11H16F3N3O2. The SMILES string of the molecule is CC(C)(C)OC(=O)C(N)Cn1cc(C(F)(F)F)cn1. The van der Waals surface area contributed by atoms with Gasteiger partial charge in [0.1, 0.15) is 11.6 Å². The Morgan fingerprint density at radius 3 is 2.47 bits per heavy atom. The van der Waals surface area contributed by atoms with Gasteiger partial charge in [-0.2, -0.15) is 18.3 Å². The monoisotopic (exact) mass is 279 g/mol. The van der Waals surface area contributed by atoms with E-state index < -0.39 is 29.4 Å². The van der Waals surface area contributed by atoms with E-state index in [4.69, 9.17) is 10.5 Å². The highest BCUT2D eigenvalue weighted by atomic mass is 19.4. The zero-order valence-corrected chi connectivity index (χ0v) is 10.9. The first-order valence-corrected chi connectivity index (χ1v) is 5.57. The van der Waals surface area contributed by atoms with Gasteiger partial charge in [-0.15, -0.1) is 0 Å². The number of nitrogens with zero attached hydrogens (tertiary/aromatic N) is 2. The summed E-state index contributed by atoms with van der Waals surface area (Å²) < 4.78 is 43.0. The lowest BCUT2D eigenvalue weighted by Gasteiger charge is -2.22. The van der Waals surface area contributed by atoms with Gasteiger partial charge >= 0.3 is 12.1 Å². The summed E-state index contributed by atoms with van der Waals surface area (Å²) in [6.07, 6.45) is -2.99. The minimum absolute atomic E-state index is 0.176. The van der Waals surface area contributed by atoms with Gasteiger partial charge in [0.25, 0.3) is 0 Å². The van der Waals surface area contributed by atoms with Crippen LogP contribution in [0.4, 0.5) is 13.2 Å². The average Bonchev–Trinajstić information content (AvgIpc) is 2.62. The Balaban J connectivity index is 2.65. The molecule has 1 heterocycles. The molecule has 0 aliphatic heterocycles. The second-order valence-corrected chi connectivity index (χ2v) is 5.09. The molecule has 2 N–H and O–H groups in total. The third-order valence-corrected chi connectivity index (χ3v) is 2.05. The van der Waals surface area contributed by atoms with Crippen molar-refractivity contribution in [1.29, 1.82) is 0 Å². The Kier molecular flexibility index (Phi) is 4.24. The molecule has 0 radical (unpaired) electrons. The van der Waals surface area contributed by atoms with Gasteiger partial charge in [0.15, 0.2) is 0 Å². The van der Waals surface area contributed by atoms with E-state index in [9.17, 15) is 18.0 Å². The maximum atomic E-state index is 12.3. The molecule has 8 heteroatoms. The van der Waals surface area contributed by atoms with Crippen LogP contribution in [-0.2, 0) is 22.3 Å². The summed E-state index contributed by atoms with van der Waals surface area (Å²) in [5.74, 6) is -0.684. The van der Waals surface area contributed by atoms with Crippen LogP contribution < -0.4 is 5.73 Å². The maximum Gasteiger partial charge on any atom is 0.419 e. The van der Waals surface area contributed by atoms with Gasteiger partial charge in [-0.25, -0.2) is 0 Å². The number of rotatable bonds is 3. The lowest BCUT2D eigenvalue weighted by Crippen LogP contribution is -2.40. The van der Waals surface area contributed by atoms with Gasteiger partial charge in [-0.3, -0.25) is 9.48 Å². The van der Waals surface area contributed by atoms with E-state index in [2.05, 4.69) is 5.10 Å². The number of carbonyl (C=O) groups excluding carboxylic acids is 1. The van der Waals surface area contributed by atoms with Crippen LogP contribution in [0, 0.1) is 0 Å². The first-order valence-electron chi connectivity index (χ1n) is 5.57. The van der Waals surface area contributed by atoms with Crippen LogP contribution in [0.1, 0.15) is 26.3 Å². The predicted molar refractivity (Wildman–Crippen MR) is 61.0 cm³/mol. The lowest BCUT2D eigenvalue weighted by molar-refractivity contribution is -0.156. The number of esters is 1. The zero-order valence-electron chi connectivity index (χ0n) is 10.9. The molecule has 0 aliphatic rings. The molecule has 0 amide bonds. The summed E-state index contributed by atoms with van der Waals surface area (Å²) in [6, 6.07) is -1.07. The summed E-state index contributed by atoms with van der Waals surface area (Å²) in [4.78, 5) is 11.6. The van der Waals surface area contributed by atoms with Crippen LogP contribution in [0.5, 0.6) is 0 Å². The Morgan fingerprint density at radius 2 is 2.05 bits per heavy atom. The smallest absolute Gasteiger partial charge is 0.419 e. The highest BCUT2D eigenvalue weighted by Gasteiger charge is 2.32. The molecule has 0 saturated heterocycles. The average molecular weight is 279 g/mol. The standard InChI is InChI=1S/C11H16F3N3O2/c1-10(2,3)19-9(18)8(15)6-17-5-7(4-16-17)11(12,13)14/h4-5,8H,6,15H2,1-3H3. The van der Waals surface area contributed by atoms with Crippen molar-refractivity contribution in [2.75, 3.05) is 0 Å². The molecule has 0 aliphatic carbocycles. The van der Waals surface area contributed by atoms with Gasteiger partial charge in [-0.1, -0.05) is 0 Å². The molecule has 1 unspecified atom stereocenters. The Bertz CT molecular complexity index is 449. The van der Waals surface area contributed by atoms with Crippen molar-refractivity contribution in [1.82, 2.24) is 9.78 Å². The largest absolute Gasteiger partial charge is 0.459 e. The van der Waals surface area contributed by atoms with E-state index in [1.54, 1.807) is 20.8 Å². The number of nitrogens with two attached hydrogens (primary N) is 1. The molecule has 0 bridgehead atoms. The number of hydrogen-bond donors (Lipinski definition) is 1. The van der Waals surface area contributed by atoms with E-state index >= 15 is 0 Å². The first kappa shape index (κ1) is 15.5. The highest BCUT2D eigenvalue weighted by Crippen LogP contribution is 2.28. The maximum absolute atomic E-state index is 12.3. The number of ether oxygens (including phenoxy) is 1. The van der Waals surface area contributed by atoms with E-state index in [0.29, 0.717) is 6.20 Å². The molecule has 0 fully saturated rings. The second kappa shape index (κ2) is 5.20. The summed E-state index contributed by atoms with van der Waals surface area (Å²) in [5, 5.41) is 3.51. The minimum Gasteiger partial charge on any atom is -0.459 e. The van der Waals surface area contributed by atoms with Gasteiger partial charge in [0.2, 0.25) is 0 Å². The molecule has 5 nitrogen and oxygen atoms in total. The predicted octanol–water partition coefficient (Wildman–Crippen LogP) is 1.57. The van der Waals surface area contributed by atoms with E-state index in [1.807, 2.05) is 0 Å². The van der Waals surface area contributed by atoms with Crippen LogP contribution >= 0.6 is 0 Å². The van der Waals surface area contributed by atoms with Crippen molar-refractivity contribution in [3.63, 3.8) is 0 Å². The third kappa shape index (κ3) is 4.90. The minimum atomic E-state index is -4.46. The Morgan fingerprint density at radius 1 is 1.47 bits per heavy atom. The van der Waals surface area contributed by atoms with Crippen molar-refractivity contribution in [3.05, 3.63) is 18.0 Å². The fraction of sp³-hybridized carbons (Fsp3) is 0.636. The normalized spacial score (nSPS) is 14.3.